The second-order valence-corrected chi connectivity index (χ2v) is 3.35. The van der Waals surface area contributed by atoms with Crippen molar-refractivity contribution in [3.8, 4) is 0 Å². The van der Waals surface area contributed by atoms with Gasteiger partial charge >= 0.3 is 0 Å². The van der Waals surface area contributed by atoms with Crippen molar-refractivity contribution in [2.45, 2.75) is 37.6 Å². The molecular formula is C7H14BrN3O. The molecule has 3 N–H and O–H groups in total. The van der Waals surface area contributed by atoms with E-state index in [0.717, 1.165) is 25.7 Å². The van der Waals surface area contributed by atoms with E-state index in [1.165, 1.54) is 6.42 Å². The summed E-state index contributed by atoms with van der Waals surface area (Å²) in [6, 6.07) is 0. The number of halogens is 1. The van der Waals surface area contributed by atoms with Crippen molar-refractivity contribution in [2.24, 2.45) is 0 Å². The molecule has 0 unspecified atom stereocenters. The lowest BCUT2D eigenvalue weighted by Gasteiger charge is -2.29. The third kappa shape index (κ3) is 1.48. The molecule has 1 amide bonds. The average Bonchev–Trinajstić information content (AvgIpc) is 2.36. The Balaban J connectivity index is 0.000000720. The van der Waals surface area contributed by atoms with Gasteiger partial charge < -0.3 is 0 Å². The van der Waals surface area contributed by atoms with E-state index >= 15 is 0 Å². The molecule has 0 aromatic rings. The Morgan fingerprint density at radius 3 is 2.33 bits per heavy atom. The normalized spacial score (nSPS) is 26.5. The molecule has 2 fully saturated rings. The van der Waals surface area contributed by atoms with Crippen LogP contribution in [0.25, 0.3) is 0 Å². The standard InChI is InChI=1S/C7H13N3O.BrH/c11-6-7(9-10-8-6)4-2-1-3-5-7;/h9-10H,1-5H2,(H,8,11);1H. The van der Waals surface area contributed by atoms with Crippen molar-refractivity contribution >= 4 is 22.9 Å². The Kier molecular flexibility index (Phi) is 3.09. The quantitative estimate of drug-likeness (QED) is 0.571. The number of hydrazine groups is 2. The average molecular weight is 236 g/mol. The van der Waals surface area contributed by atoms with Gasteiger partial charge in [-0.05, 0) is 12.8 Å². The van der Waals surface area contributed by atoms with Crippen LogP contribution < -0.4 is 16.4 Å². The first kappa shape index (κ1) is 9.95. The monoisotopic (exact) mass is 235 g/mol. The lowest BCUT2D eigenvalue weighted by atomic mass is 9.82. The third-order valence-corrected chi connectivity index (χ3v) is 2.62. The number of amides is 1. The van der Waals surface area contributed by atoms with Crippen LogP contribution in [0.3, 0.4) is 0 Å². The van der Waals surface area contributed by atoms with Gasteiger partial charge in [-0.15, -0.1) is 17.0 Å². The molecule has 1 saturated carbocycles. The summed E-state index contributed by atoms with van der Waals surface area (Å²) in [7, 11) is 0. The fourth-order valence-electron chi connectivity index (χ4n) is 1.89. The van der Waals surface area contributed by atoms with Crippen LogP contribution in [0.4, 0.5) is 0 Å². The minimum Gasteiger partial charge on any atom is -0.276 e. The van der Waals surface area contributed by atoms with Gasteiger partial charge in [0.05, 0.1) is 0 Å². The molecule has 70 valence electrons. The van der Waals surface area contributed by atoms with Gasteiger partial charge in [0.2, 0.25) is 0 Å². The highest BCUT2D eigenvalue weighted by molar-refractivity contribution is 8.93. The maximum absolute atomic E-state index is 11.3. The zero-order valence-corrected chi connectivity index (χ0v) is 8.57. The van der Waals surface area contributed by atoms with E-state index in [2.05, 4.69) is 16.4 Å². The Bertz CT molecular complexity index is 179. The first-order valence-corrected chi connectivity index (χ1v) is 4.16. The lowest BCUT2D eigenvalue weighted by Crippen LogP contribution is -2.49. The Labute approximate surface area is 82.2 Å². The predicted molar refractivity (Wildman–Crippen MR) is 50.6 cm³/mol. The second-order valence-electron chi connectivity index (χ2n) is 3.35. The molecule has 12 heavy (non-hydrogen) atoms. The molecule has 4 nitrogen and oxygen atoms in total. The second kappa shape index (κ2) is 3.72. The van der Waals surface area contributed by atoms with Gasteiger partial charge in [0.1, 0.15) is 5.54 Å². The van der Waals surface area contributed by atoms with Crippen LogP contribution in [0.15, 0.2) is 0 Å². The number of hydrogen-bond donors (Lipinski definition) is 3. The number of carbonyl (C=O) groups excluding carboxylic acids is 1. The number of rotatable bonds is 0. The fourth-order valence-corrected chi connectivity index (χ4v) is 1.89. The summed E-state index contributed by atoms with van der Waals surface area (Å²) in [5, 5.41) is 0. The summed E-state index contributed by atoms with van der Waals surface area (Å²) in [6.07, 6.45) is 5.50. The first-order chi connectivity index (χ1) is 5.33. The minimum absolute atomic E-state index is 0. The van der Waals surface area contributed by atoms with Crippen molar-refractivity contribution in [3.05, 3.63) is 0 Å². The topological polar surface area (TPSA) is 53.2 Å². The highest BCUT2D eigenvalue weighted by Gasteiger charge is 2.42. The van der Waals surface area contributed by atoms with Gasteiger partial charge in [-0.25, -0.2) is 5.43 Å². The Morgan fingerprint density at radius 2 is 1.83 bits per heavy atom. The largest absolute Gasteiger partial charge is 0.276 e. The molecule has 1 saturated heterocycles. The maximum atomic E-state index is 11.3. The van der Waals surface area contributed by atoms with Gasteiger partial charge in [-0.3, -0.25) is 10.2 Å². The smallest absolute Gasteiger partial charge is 0.256 e. The van der Waals surface area contributed by atoms with Gasteiger partial charge in [-0.1, -0.05) is 19.3 Å². The highest BCUT2D eigenvalue weighted by Crippen LogP contribution is 2.28. The van der Waals surface area contributed by atoms with E-state index in [1.807, 2.05) is 0 Å². The molecule has 5 heteroatoms. The van der Waals surface area contributed by atoms with E-state index in [9.17, 15) is 4.79 Å². The van der Waals surface area contributed by atoms with Crippen molar-refractivity contribution in [1.82, 2.24) is 16.4 Å². The van der Waals surface area contributed by atoms with Crippen molar-refractivity contribution in [1.29, 1.82) is 0 Å². The molecule has 0 bridgehead atoms. The van der Waals surface area contributed by atoms with Gasteiger partial charge in [0, 0.05) is 0 Å². The fraction of sp³-hybridized carbons (Fsp3) is 0.857. The zero-order valence-electron chi connectivity index (χ0n) is 6.85. The third-order valence-electron chi connectivity index (χ3n) is 2.62. The van der Waals surface area contributed by atoms with Gasteiger partial charge in [0.25, 0.3) is 5.91 Å². The van der Waals surface area contributed by atoms with Crippen LogP contribution in [0.1, 0.15) is 32.1 Å². The summed E-state index contributed by atoms with van der Waals surface area (Å²) in [6.45, 7) is 0. The van der Waals surface area contributed by atoms with Crippen LogP contribution in [-0.4, -0.2) is 11.4 Å². The predicted octanol–water partition coefficient (Wildman–Crippen LogP) is 0.406. The van der Waals surface area contributed by atoms with Crippen LogP contribution in [-0.2, 0) is 4.79 Å². The zero-order chi connectivity index (χ0) is 7.73. The molecule has 1 heterocycles. The molecular weight excluding hydrogens is 222 g/mol. The molecule has 1 aliphatic carbocycles. The van der Waals surface area contributed by atoms with E-state index < -0.39 is 0 Å². The summed E-state index contributed by atoms with van der Waals surface area (Å²) in [5.74, 6) is 0.109. The van der Waals surface area contributed by atoms with Crippen LogP contribution in [0.5, 0.6) is 0 Å². The lowest BCUT2D eigenvalue weighted by molar-refractivity contribution is -0.125. The minimum atomic E-state index is -0.280. The maximum Gasteiger partial charge on any atom is 0.256 e. The molecule has 0 atom stereocenters. The first-order valence-electron chi connectivity index (χ1n) is 4.16. The van der Waals surface area contributed by atoms with E-state index in [1.54, 1.807) is 0 Å². The molecule has 0 aromatic heterocycles. The van der Waals surface area contributed by atoms with Crippen LogP contribution >= 0.6 is 17.0 Å². The SMILES string of the molecule is Br.O=C1NNNC12CCCCC2. The summed E-state index contributed by atoms with van der Waals surface area (Å²) in [5.41, 5.74) is 7.99. The van der Waals surface area contributed by atoms with E-state index in [-0.39, 0.29) is 28.4 Å². The molecule has 2 aliphatic rings. The van der Waals surface area contributed by atoms with E-state index in [4.69, 9.17) is 0 Å². The number of nitrogens with one attached hydrogen (secondary N) is 3. The molecule has 2 rings (SSSR count). The summed E-state index contributed by atoms with van der Waals surface area (Å²) >= 11 is 0. The molecule has 0 aromatic carbocycles. The molecule has 1 spiro atoms. The van der Waals surface area contributed by atoms with Crippen LogP contribution in [0, 0.1) is 0 Å². The number of hydrogen-bond acceptors (Lipinski definition) is 3. The van der Waals surface area contributed by atoms with Crippen LogP contribution in [0.2, 0.25) is 0 Å². The van der Waals surface area contributed by atoms with Crippen molar-refractivity contribution in [2.75, 3.05) is 0 Å². The van der Waals surface area contributed by atoms with Crippen molar-refractivity contribution < 1.29 is 4.79 Å². The molecule has 0 radical (unpaired) electrons. The molecule has 1 aliphatic heterocycles. The van der Waals surface area contributed by atoms with Gasteiger partial charge in [0.15, 0.2) is 0 Å². The van der Waals surface area contributed by atoms with Gasteiger partial charge in [-0.2, -0.15) is 5.53 Å². The van der Waals surface area contributed by atoms with Crippen molar-refractivity contribution in [3.63, 3.8) is 0 Å². The summed E-state index contributed by atoms with van der Waals surface area (Å²) in [4.78, 5) is 11.3. The number of carbonyl (C=O) groups is 1. The Morgan fingerprint density at radius 1 is 1.17 bits per heavy atom. The Hall–Kier alpha value is -0.130. The van der Waals surface area contributed by atoms with E-state index in [0.29, 0.717) is 0 Å². The summed E-state index contributed by atoms with van der Waals surface area (Å²) < 4.78 is 0. The highest BCUT2D eigenvalue weighted by atomic mass is 79.9.